The van der Waals surface area contributed by atoms with E-state index in [-0.39, 0.29) is 23.9 Å². The predicted molar refractivity (Wildman–Crippen MR) is 120 cm³/mol. The van der Waals surface area contributed by atoms with Crippen LogP contribution in [0.4, 0.5) is 5.69 Å². The average Bonchev–Trinajstić information content (AvgIpc) is 2.75. The molecule has 0 aliphatic carbocycles. The van der Waals surface area contributed by atoms with E-state index in [0.29, 0.717) is 30.5 Å². The normalized spacial score (nSPS) is 13.1. The standard InChI is InChI=1S/C25H25N3O3/c1-16-12-17(2)27-25(31)21(16)14-26-24(30)20-8-10-22-19(13-20)9-11-23(29)28(22)15-18-6-4-3-5-7-18/h3-8,10,12-13H,9,11,14-15H2,1-2H3,(H,26,30)(H,27,31). The second-order valence-corrected chi connectivity index (χ2v) is 7.93. The van der Waals surface area contributed by atoms with Crippen molar-refractivity contribution in [3.63, 3.8) is 0 Å². The highest BCUT2D eigenvalue weighted by Crippen LogP contribution is 2.30. The Hall–Kier alpha value is -3.67. The third kappa shape index (κ3) is 4.43. The summed E-state index contributed by atoms with van der Waals surface area (Å²) in [6.07, 6.45) is 1.03. The number of nitrogens with zero attached hydrogens (tertiary/aromatic N) is 1. The molecule has 1 aliphatic rings. The van der Waals surface area contributed by atoms with E-state index in [4.69, 9.17) is 0 Å². The van der Waals surface area contributed by atoms with Crippen LogP contribution in [0.5, 0.6) is 0 Å². The Morgan fingerprint density at radius 3 is 2.55 bits per heavy atom. The van der Waals surface area contributed by atoms with Crippen LogP contribution in [0.25, 0.3) is 0 Å². The van der Waals surface area contributed by atoms with E-state index in [2.05, 4.69) is 10.3 Å². The van der Waals surface area contributed by atoms with Crippen LogP contribution < -0.4 is 15.8 Å². The Morgan fingerprint density at radius 2 is 1.81 bits per heavy atom. The number of hydrogen-bond donors (Lipinski definition) is 2. The van der Waals surface area contributed by atoms with Gasteiger partial charge in [-0.2, -0.15) is 0 Å². The number of hydrogen-bond acceptors (Lipinski definition) is 3. The number of pyridine rings is 1. The fourth-order valence-electron chi connectivity index (χ4n) is 4.01. The quantitative estimate of drug-likeness (QED) is 0.670. The molecular formula is C25H25N3O3. The van der Waals surface area contributed by atoms with Crippen LogP contribution in [0.1, 0.15) is 44.7 Å². The number of rotatable bonds is 5. The molecule has 31 heavy (non-hydrogen) atoms. The summed E-state index contributed by atoms with van der Waals surface area (Å²) in [6.45, 7) is 4.36. The molecule has 2 heterocycles. The molecule has 2 aromatic carbocycles. The van der Waals surface area contributed by atoms with Gasteiger partial charge in [-0.3, -0.25) is 14.4 Å². The van der Waals surface area contributed by atoms with Crippen molar-refractivity contribution in [3.05, 3.63) is 98.5 Å². The first-order valence-electron chi connectivity index (χ1n) is 10.4. The van der Waals surface area contributed by atoms with Gasteiger partial charge in [0.15, 0.2) is 0 Å². The Balaban J connectivity index is 1.52. The van der Waals surface area contributed by atoms with Crippen molar-refractivity contribution in [1.82, 2.24) is 10.3 Å². The van der Waals surface area contributed by atoms with Gasteiger partial charge in [0.2, 0.25) is 5.91 Å². The van der Waals surface area contributed by atoms with Gasteiger partial charge in [0.05, 0.1) is 6.54 Å². The SMILES string of the molecule is Cc1cc(C)c(CNC(=O)c2ccc3c(c2)CCC(=O)N3Cc2ccccc2)c(=O)[nH]1. The zero-order chi connectivity index (χ0) is 22.0. The van der Waals surface area contributed by atoms with E-state index in [1.54, 1.807) is 11.0 Å². The summed E-state index contributed by atoms with van der Waals surface area (Å²) in [7, 11) is 0. The summed E-state index contributed by atoms with van der Waals surface area (Å²) in [5.41, 5.74) is 5.42. The smallest absolute Gasteiger partial charge is 0.253 e. The van der Waals surface area contributed by atoms with Gasteiger partial charge in [-0.05, 0) is 61.2 Å². The largest absolute Gasteiger partial charge is 0.348 e. The van der Waals surface area contributed by atoms with E-state index >= 15 is 0 Å². The Bertz CT molecular complexity index is 1200. The monoisotopic (exact) mass is 415 g/mol. The summed E-state index contributed by atoms with van der Waals surface area (Å²) in [5, 5.41) is 2.84. The number of nitrogens with one attached hydrogen (secondary N) is 2. The van der Waals surface area contributed by atoms with E-state index in [1.165, 1.54) is 0 Å². The summed E-state index contributed by atoms with van der Waals surface area (Å²) in [6, 6.07) is 17.2. The van der Waals surface area contributed by atoms with Crippen LogP contribution in [0.15, 0.2) is 59.4 Å². The number of anilines is 1. The Morgan fingerprint density at radius 1 is 1.03 bits per heavy atom. The number of aromatic amines is 1. The minimum atomic E-state index is -0.242. The third-order valence-electron chi connectivity index (χ3n) is 5.64. The van der Waals surface area contributed by atoms with Gasteiger partial charge in [-0.15, -0.1) is 0 Å². The number of carbonyl (C=O) groups excluding carboxylic acids is 2. The molecule has 3 aromatic rings. The lowest BCUT2D eigenvalue weighted by molar-refractivity contribution is -0.119. The lowest BCUT2D eigenvalue weighted by atomic mass is 9.97. The molecule has 0 unspecified atom stereocenters. The summed E-state index contributed by atoms with van der Waals surface area (Å²) in [5.74, 6) is -0.156. The van der Waals surface area contributed by atoms with Gasteiger partial charge >= 0.3 is 0 Å². The Labute approximate surface area is 180 Å². The minimum Gasteiger partial charge on any atom is -0.348 e. The highest BCUT2D eigenvalue weighted by atomic mass is 16.2. The van der Waals surface area contributed by atoms with E-state index < -0.39 is 0 Å². The highest BCUT2D eigenvalue weighted by Gasteiger charge is 2.25. The van der Waals surface area contributed by atoms with Gasteiger partial charge in [-0.1, -0.05) is 30.3 Å². The molecule has 2 amide bonds. The highest BCUT2D eigenvalue weighted by molar-refractivity contribution is 5.99. The maximum absolute atomic E-state index is 12.7. The summed E-state index contributed by atoms with van der Waals surface area (Å²) >= 11 is 0. The number of aryl methyl sites for hydroxylation is 3. The van der Waals surface area contributed by atoms with E-state index in [0.717, 1.165) is 28.1 Å². The minimum absolute atomic E-state index is 0.0858. The second kappa shape index (κ2) is 8.60. The second-order valence-electron chi connectivity index (χ2n) is 7.93. The molecule has 0 saturated heterocycles. The molecule has 0 bridgehead atoms. The van der Waals surface area contributed by atoms with Crippen molar-refractivity contribution in [3.8, 4) is 0 Å². The van der Waals surface area contributed by atoms with Gasteiger partial charge in [0.25, 0.3) is 11.5 Å². The first-order valence-corrected chi connectivity index (χ1v) is 10.4. The lowest BCUT2D eigenvalue weighted by Gasteiger charge is -2.30. The zero-order valence-corrected chi connectivity index (χ0v) is 17.7. The van der Waals surface area contributed by atoms with Gasteiger partial charge < -0.3 is 15.2 Å². The van der Waals surface area contributed by atoms with Gasteiger partial charge in [0.1, 0.15) is 0 Å². The topological polar surface area (TPSA) is 82.3 Å². The first kappa shape index (κ1) is 20.6. The van der Waals surface area contributed by atoms with Crippen LogP contribution in [0, 0.1) is 13.8 Å². The molecule has 2 N–H and O–H groups in total. The van der Waals surface area contributed by atoms with E-state index in [9.17, 15) is 14.4 Å². The number of fused-ring (bicyclic) bond motifs is 1. The van der Waals surface area contributed by atoms with Crippen LogP contribution in [0.3, 0.4) is 0 Å². The van der Waals surface area contributed by atoms with Gasteiger partial charge in [-0.25, -0.2) is 0 Å². The van der Waals surface area contributed by atoms with Crippen molar-refractivity contribution >= 4 is 17.5 Å². The average molecular weight is 415 g/mol. The molecule has 158 valence electrons. The molecule has 6 nitrogen and oxygen atoms in total. The number of carbonyl (C=O) groups is 2. The van der Waals surface area contributed by atoms with Crippen molar-refractivity contribution in [2.75, 3.05) is 4.90 Å². The number of aromatic nitrogens is 1. The van der Waals surface area contributed by atoms with Crippen molar-refractivity contribution < 1.29 is 9.59 Å². The summed E-state index contributed by atoms with van der Waals surface area (Å²) in [4.78, 5) is 42.0. The number of H-pyrrole nitrogens is 1. The summed E-state index contributed by atoms with van der Waals surface area (Å²) < 4.78 is 0. The molecule has 1 aliphatic heterocycles. The lowest BCUT2D eigenvalue weighted by Crippen LogP contribution is -2.35. The van der Waals surface area contributed by atoms with E-state index in [1.807, 2.05) is 62.4 Å². The molecule has 1 aromatic heterocycles. The molecule has 0 spiro atoms. The van der Waals surface area contributed by atoms with Crippen molar-refractivity contribution in [2.24, 2.45) is 0 Å². The van der Waals surface area contributed by atoms with Crippen molar-refractivity contribution in [2.45, 2.75) is 39.8 Å². The number of amides is 2. The van der Waals surface area contributed by atoms with Crippen LogP contribution in [-0.4, -0.2) is 16.8 Å². The maximum Gasteiger partial charge on any atom is 0.253 e. The fraction of sp³-hybridized carbons (Fsp3) is 0.240. The maximum atomic E-state index is 12.7. The predicted octanol–water partition coefficient (Wildman–Crippen LogP) is 3.40. The van der Waals surface area contributed by atoms with Crippen LogP contribution in [-0.2, 0) is 24.3 Å². The molecule has 4 rings (SSSR count). The fourth-order valence-corrected chi connectivity index (χ4v) is 4.01. The van der Waals surface area contributed by atoms with Crippen LogP contribution in [0.2, 0.25) is 0 Å². The molecule has 0 fully saturated rings. The Kier molecular flexibility index (Phi) is 5.71. The third-order valence-corrected chi connectivity index (χ3v) is 5.64. The van der Waals surface area contributed by atoms with Crippen LogP contribution >= 0.6 is 0 Å². The molecule has 6 heteroatoms. The van der Waals surface area contributed by atoms with Gasteiger partial charge in [0, 0.05) is 35.5 Å². The zero-order valence-electron chi connectivity index (χ0n) is 17.7. The molecular weight excluding hydrogens is 390 g/mol. The van der Waals surface area contributed by atoms with Crippen molar-refractivity contribution in [1.29, 1.82) is 0 Å². The first-order chi connectivity index (χ1) is 14.9. The molecule has 0 saturated carbocycles. The molecule has 0 atom stereocenters. The molecule has 0 radical (unpaired) electrons. The number of benzene rings is 2.